The molecule has 1 fully saturated rings. The van der Waals surface area contributed by atoms with Crippen LogP contribution >= 0.6 is 0 Å². The van der Waals surface area contributed by atoms with E-state index in [1.807, 2.05) is 0 Å². The molecule has 0 aromatic carbocycles. The third-order valence-corrected chi connectivity index (χ3v) is 5.16. The summed E-state index contributed by atoms with van der Waals surface area (Å²) in [4.78, 5) is 44.1. The van der Waals surface area contributed by atoms with E-state index in [4.69, 9.17) is 20.4 Å². The van der Waals surface area contributed by atoms with Crippen molar-refractivity contribution < 1.29 is 39.6 Å². The van der Waals surface area contributed by atoms with Crippen molar-refractivity contribution in [2.75, 3.05) is 0 Å². The normalized spacial score (nSPS) is 21.0. The molecule has 0 aliphatic heterocycles. The maximum Gasteiger partial charge on any atom is 0.317 e. The lowest BCUT2D eigenvalue weighted by Crippen LogP contribution is -2.27. The van der Waals surface area contributed by atoms with Gasteiger partial charge in [-0.3, -0.25) is 19.2 Å². The van der Waals surface area contributed by atoms with Gasteiger partial charge in [0, 0.05) is 0 Å². The van der Waals surface area contributed by atoms with Gasteiger partial charge in [-0.25, -0.2) is 0 Å². The number of rotatable bonds is 10. The molecule has 2 atom stereocenters. The summed E-state index contributed by atoms with van der Waals surface area (Å²) in [5, 5.41) is 35.9. The summed E-state index contributed by atoms with van der Waals surface area (Å²) in [6.07, 6.45) is 5.58. The summed E-state index contributed by atoms with van der Waals surface area (Å²) < 4.78 is 0. The van der Waals surface area contributed by atoms with E-state index >= 15 is 0 Å². The molecule has 0 amide bonds. The van der Waals surface area contributed by atoms with Gasteiger partial charge in [0.2, 0.25) is 0 Å². The van der Waals surface area contributed by atoms with Crippen molar-refractivity contribution >= 4 is 23.9 Å². The van der Waals surface area contributed by atoms with Crippen LogP contribution in [0.25, 0.3) is 0 Å². The third-order valence-electron chi connectivity index (χ3n) is 5.16. The van der Waals surface area contributed by atoms with Gasteiger partial charge in [-0.05, 0) is 37.5 Å². The van der Waals surface area contributed by atoms with Crippen molar-refractivity contribution in [1.82, 2.24) is 0 Å². The third kappa shape index (κ3) is 6.72. The molecule has 8 nitrogen and oxygen atoms in total. The zero-order valence-electron chi connectivity index (χ0n) is 14.1. The SMILES string of the molecule is O=C(O)C(CCC1CCCCCC1CCC(C(=O)O)C(=O)O)C(=O)O. The van der Waals surface area contributed by atoms with Crippen LogP contribution in [-0.2, 0) is 19.2 Å². The first-order valence-corrected chi connectivity index (χ1v) is 8.65. The Bertz CT molecular complexity index is 429. The first-order valence-electron chi connectivity index (χ1n) is 8.65. The standard InChI is InChI=1S/C17H26O8/c18-14(19)12(15(20)21)8-6-10-4-2-1-3-5-11(10)7-9-13(16(22)23)17(24)25/h10-13H,1-9H2,(H,18,19)(H,20,21)(H,22,23)(H,24,25). The fraction of sp³-hybridized carbons (Fsp3) is 0.765. The molecule has 1 saturated carbocycles. The molecule has 1 rings (SSSR count). The van der Waals surface area contributed by atoms with Gasteiger partial charge in [-0.1, -0.05) is 32.1 Å². The molecule has 1 aliphatic carbocycles. The Labute approximate surface area is 145 Å². The van der Waals surface area contributed by atoms with E-state index in [1.54, 1.807) is 0 Å². The number of hydrogen-bond donors (Lipinski definition) is 4. The van der Waals surface area contributed by atoms with Gasteiger partial charge < -0.3 is 20.4 Å². The topological polar surface area (TPSA) is 149 Å². The molecule has 0 aromatic rings. The number of carboxylic acids is 4. The van der Waals surface area contributed by atoms with Gasteiger partial charge in [0.1, 0.15) is 0 Å². The molecule has 0 saturated heterocycles. The van der Waals surface area contributed by atoms with Crippen molar-refractivity contribution in [3.05, 3.63) is 0 Å². The maximum absolute atomic E-state index is 11.0. The fourth-order valence-corrected chi connectivity index (χ4v) is 3.69. The van der Waals surface area contributed by atoms with Gasteiger partial charge in [0.05, 0.1) is 0 Å². The molecule has 2 unspecified atom stereocenters. The maximum atomic E-state index is 11.0. The lowest BCUT2D eigenvalue weighted by Gasteiger charge is -2.26. The first-order chi connectivity index (χ1) is 11.7. The van der Waals surface area contributed by atoms with Crippen LogP contribution in [0, 0.1) is 23.7 Å². The van der Waals surface area contributed by atoms with Crippen LogP contribution in [0.2, 0.25) is 0 Å². The summed E-state index contributed by atoms with van der Waals surface area (Å²) in [5.41, 5.74) is 0. The van der Waals surface area contributed by atoms with Crippen LogP contribution < -0.4 is 0 Å². The van der Waals surface area contributed by atoms with Crippen LogP contribution in [-0.4, -0.2) is 44.3 Å². The lowest BCUT2D eigenvalue weighted by molar-refractivity contribution is -0.157. The predicted octanol–water partition coefficient (Wildman–Crippen LogP) is 2.31. The lowest BCUT2D eigenvalue weighted by atomic mass is 9.79. The fourth-order valence-electron chi connectivity index (χ4n) is 3.69. The Morgan fingerprint density at radius 2 is 0.960 bits per heavy atom. The van der Waals surface area contributed by atoms with Crippen molar-refractivity contribution in [3.63, 3.8) is 0 Å². The predicted molar refractivity (Wildman–Crippen MR) is 86.1 cm³/mol. The summed E-state index contributed by atoms with van der Waals surface area (Å²) in [6, 6.07) is 0. The summed E-state index contributed by atoms with van der Waals surface area (Å²) in [5.74, 6) is -8.07. The highest BCUT2D eigenvalue weighted by atomic mass is 16.4. The van der Waals surface area contributed by atoms with Crippen molar-refractivity contribution in [2.45, 2.75) is 57.8 Å². The highest BCUT2D eigenvalue weighted by Crippen LogP contribution is 2.36. The van der Waals surface area contributed by atoms with Crippen molar-refractivity contribution in [2.24, 2.45) is 23.7 Å². The van der Waals surface area contributed by atoms with Crippen LogP contribution in [0.1, 0.15) is 57.8 Å². The second-order valence-corrected chi connectivity index (χ2v) is 6.77. The molecule has 1 aliphatic rings. The Morgan fingerprint density at radius 1 is 0.640 bits per heavy atom. The minimum absolute atomic E-state index is 0.0348. The molecule has 4 N–H and O–H groups in total. The number of aliphatic carboxylic acids is 4. The van der Waals surface area contributed by atoms with Gasteiger partial charge in [-0.15, -0.1) is 0 Å². The van der Waals surface area contributed by atoms with E-state index in [-0.39, 0.29) is 24.7 Å². The van der Waals surface area contributed by atoms with Crippen molar-refractivity contribution in [1.29, 1.82) is 0 Å². The summed E-state index contributed by atoms with van der Waals surface area (Å²) in [7, 11) is 0. The minimum Gasteiger partial charge on any atom is -0.481 e. The zero-order chi connectivity index (χ0) is 19.0. The van der Waals surface area contributed by atoms with Gasteiger partial charge >= 0.3 is 23.9 Å². The average molecular weight is 358 g/mol. The highest BCUT2D eigenvalue weighted by molar-refractivity contribution is 5.93. The van der Waals surface area contributed by atoms with E-state index in [0.29, 0.717) is 12.8 Å². The number of carbonyl (C=O) groups is 4. The average Bonchev–Trinajstić information content (AvgIpc) is 2.71. The zero-order valence-corrected chi connectivity index (χ0v) is 14.1. The Hall–Kier alpha value is -2.12. The molecule has 0 spiro atoms. The summed E-state index contributed by atoms with van der Waals surface area (Å²) >= 11 is 0. The van der Waals surface area contributed by atoms with Gasteiger partial charge in [0.15, 0.2) is 11.8 Å². The van der Waals surface area contributed by atoms with E-state index in [9.17, 15) is 19.2 Å². The molecule has 0 aromatic heterocycles. The second-order valence-electron chi connectivity index (χ2n) is 6.77. The van der Waals surface area contributed by atoms with E-state index in [2.05, 4.69) is 0 Å². The molecule has 0 bridgehead atoms. The van der Waals surface area contributed by atoms with Crippen molar-refractivity contribution in [3.8, 4) is 0 Å². The molecule has 142 valence electrons. The van der Waals surface area contributed by atoms with E-state index in [1.165, 1.54) is 0 Å². The van der Waals surface area contributed by atoms with E-state index < -0.39 is 35.7 Å². The Kier molecular flexibility index (Phi) is 8.37. The molecule has 8 heteroatoms. The second kappa shape index (κ2) is 10.0. The summed E-state index contributed by atoms with van der Waals surface area (Å²) in [6.45, 7) is 0. The smallest absolute Gasteiger partial charge is 0.317 e. The largest absolute Gasteiger partial charge is 0.481 e. The monoisotopic (exact) mass is 358 g/mol. The Morgan fingerprint density at radius 3 is 1.24 bits per heavy atom. The quantitative estimate of drug-likeness (QED) is 0.343. The number of hydrogen-bond acceptors (Lipinski definition) is 4. The van der Waals surface area contributed by atoms with Gasteiger partial charge in [-0.2, -0.15) is 0 Å². The minimum atomic E-state index is -1.44. The van der Waals surface area contributed by atoms with Crippen LogP contribution in [0.15, 0.2) is 0 Å². The molecular formula is C17H26O8. The number of carboxylic acid groups (broad SMARTS) is 4. The first kappa shape index (κ1) is 20.9. The molecule has 0 heterocycles. The Balaban J connectivity index is 2.70. The van der Waals surface area contributed by atoms with E-state index in [0.717, 1.165) is 32.1 Å². The molecular weight excluding hydrogens is 332 g/mol. The highest BCUT2D eigenvalue weighted by Gasteiger charge is 2.32. The van der Waals surface area contributed by atoms with Crippen LogP contribution in [0.5, 0.6) is 0 Å². The van der Waals surface area contributed by atoms with Crippen LogP contribution in [0.3, 0.4) is 0 Å². The van der Waals surface area contributed by atoms with Crippen LogP contribution in [0.4, 0.5) is 0 Å². The molecule has 25 heavy (non-hydrogen) atoms. The molecule has 0 radical (unpaired) electrons. The van der Waals surface area contributed by atoms with Gasteiger partial charge in [0.25, 0.3) is 0 Å².